The first-order chi connectivity index (χ1) is 14.1. The average Bonchev–Trinajstić information content (AvgIpc) is 2.76. The minimum Gasteiger partial charge on any atom is -0.497 e. The van der Waals surface area contributed by atoms with Gasteiger partial charge in [-0.3, -0.25) is 0 Å². The summed E-state index contributed by atoms with van der Waals surface area (Å²) in [6.07, 6.45) is 6.44. The van der Waals surface area contributed by atoms with Crippen LogP contribution in [0, 0.1) is 0 Å². The highest BCUT2D eigenvalue weighted by Crippen LogP contribution is 2.13. The van der Waals surface area contributed by atoms with Crippen molar-refractivity contribution in [3.05, 3.63) is 71.8 Å². The van der Waals surface area contributed by atoms with Gasteiger partial charge in [-0.15, -0.1) is 0 Å². The molecule has 0 fully saturated rings. The summed E-state index contributed by atoms with van der Waals surface area (Å²) in [5.41, 5.74) is 1.72. The SMILES string of the molecule is COc1ccc(C=CC(=O)OCCCOC(=O)C=Cc2ccc(OC)cc2)cc1. The Labute approximate surface area is 170 Å². The van der Waals surface area contributed by atoms with E-state index >= 15 is 0 Å². The molecule has 6 heteroatoms. The second-order valence-corrected chi connectivity index (χ2v) is 5.90. The molecule has 0 aliphatic carbocycles. The second-order valence-electron chi connectivity index (χ2n) is 5.90. The summed E-state index contributed by atoms with van der Waals surface area (Å²) >= 11 is 0. The fourth-order valence-corrected chi connectivity index (χ4v) is 2.26. The Balaban J connectivity index is 1.61. The molecule has 0 atom stereocenters. The molecule has 0 bridgehead atoms. The molecule has 0 aliphatic heterocycles. The number of esters is 2. The van der Waals surface area contributed by atoms with Gasteiger partial charge in [0.25, 0.3) is 0 Å². The summed E-state index contributed by atoms with van der Waals surface area (Å²) in [5, 5.41) is 0. The number of ether oxygens (including phenoxy) is 4. The van der Waals surface area contributed by atoms with Crippen LogP contribution in [0.1, 0.15) is 17.5 Å². The van der Waals surface area contributed by atoms with E-state index in [0.717, 1.165) is 22.6 Å². The number of carbonyl (C=O) groups is 2. The molecule has 0 amide bonds. The minimum absolute atomic E-state index is 0.168. The zero-order valence-electron chi connectivity index (χ0n) is 16.5. The van der Waals surface area contributed by atoms with E-state index in [1.807, 2.05) is 48.5 Å². The van der Waals surface area contributed by atoms with Gasteiger partial charge in [0.1, 0.15) is 11.5 Å². The van der Waals surface area contributed by atoms with Crippen molar-refractivity contribution < 1.29 is 28.5 Å². The van der Waals surface area contributed by atoms with Gasteiger partial charge in [-0.2, -0.15) is 0 Å². The highest BCUT2D eigenvalue weighted by atomic mass is 16.5. The van der Waals surface area contributed by atoms with Crippen LogP contribution in [0.2, 0.25) is 0 Å². The van der Waals surface area contributed by atoms with Crippen LogP contribution in [0.5, 0.6) is 11.5 Å². The lowest BCUT2D eigenvalue weighted by Gasteiger charge is -2.03. The van der Waals surface area contributed by atoms with E-state index in [2.05, 4.69) is 0 Å². The highest BCUT2D eigenvalue weighted by molar-refractivity contribution is 5.87. The molecule has 0 saturated carbocycles. The Morgan fingerprint density at radius 2 is 1.07 bits per heavy atom. The lowest BCUT2D eigenvalue weighted by Crippen LogP contribution is -2.08. The molecule has 0 aromatic heterocycles. The van der Waals surface area contributed by atoms with E-state index in [0.29, 0.717) is 6.42 Å². The average molecular weight is 396 g/mol. The monoisotopic (exact) mass is 396 g/mol. The molecule has 0 heterocycles. The number of hydrogen-bond acceptors (Lipinski definition) is 6. The van der Waals surface area contributed by atoms with Crippen molar-refractivity contribution in [3.8, 4) is 11.5 Å². The van der Waals surface area contributed by atoms with Crippen LogP contribution in [-0.4, -0.2) is 39.4 Å². The van der Waals surface area contributed by atoms with Crippen LogP contribution in [-0.2, 0) is 19.1 Å². The maximum absolute atomic E-state index is 11.7. The van der Waals surface area contributed by atoms with E-state index in [4.69, 9.17) is 18.9 Å². The number of carbonyl (C=O) groups excluding carboxylic acids is 2. The van der Waals surface area contributed by atoms with Gasteiger partial charge in [0, 0.05) is 18.6 Å². The van der Waals surface area contributed by atoms with Crippen LogP contribution in [0.3, 0.4) is 0 Å². The van der Waals surface area contributed by atoms with E-state index in [-0.39, 0.29) is 13.2 Å². The number of hydrogen-bond donors (Lipinski definition) is 0. The van der Waals surface area contributed by atoms with E-state index in [1.165, 1.54) is 12.2 Å². The molecular weight excluding hydrogens is 372 g/mol. The van der Waals surface area contributed by atoms with Crippen molar-refractivity contribution in [2.24, 2.45) is 0 Å². The summed E-state index contributed by atoms with van der Waals surface area (Å²) in [5.74, 6) is 0.592. The maximum Gasteiger partial charge on any atom is 0.330 e. The Morgan fingerprint density at radius 1 is 0.690 bits per heavy atom. The third-order valence-electron chi connectivity index (χ3n) is 3.83. The smallest absolute Gasteiger partial charge is 0.330 e. The third kappa shape index (κ3) is 8.34. The molecule has 152 valence electrons. The predicted octanol–water partition coefficient (Wildman–Crippen LogP) is 3.91. The van der Waals surface area contributed by atoms with Gasteiger partial charge in [0.15, 0.2) is 0 Å². The van der Waals surface area contributed by atoms with Crippen molar-refractivity contribution >= 4 is 24.1 Å². The summed E-state index contributed by atoms with van der Waals surface area (Å²) in [6, 6.07) is 14.6. The first-order valence-electron chi connectivity index (χ1n) is 9.08. The lowest BCUT2D eigenvalue weighted by molar-refractivity contribution is -0.140. The van der Waals surface area contributed by atoms with Crippen molar-refractivity contribution in [2.45, 2.75) is 6.42 Å². The Morgan fingerprint density at radius 3 is 1.41 bits per heavy atom. The van der Waals surface area contributed by atoms with Crippen molar-refractivity contribution in [2.75, 3.05) is 27.4 Å². The fraction of sp³-hybridized carbons (Fsp3) is 0.217. The molecule has 2 aromatic rings. The van der Waals surface area contributed by atoms with Gasteiger partial charge in [0.2, 0.25) is 0 Å². The molecule has 29 heavy (non-hydrogen) atoms. The summed E-state index contributed by atoms with van der Waals surface area (Å²) in [4.78, 5) is 23.4. The number of benzene rings is 2. The first-order valence-corrected chi connectivity index (χ1v) is 9.08. The molecule has 0 spiro atoms. The predicted molar refractivity (Wildman–Crippen MR) is 111 cm³/mol. The summed E-state index contributed by atoms with van der Waals surface area (Å²) < 4.78 is 20.3. The molecule has 0 saturated heterocycles. The van der Waals surface area contributed by atoms with Gasteiger partial charge in [-0.1, -0.05) is 24.3 Å². The molecule has 0 N–H and O–H groups in total. The Bertz CT molecular complexity index is 763. The van der Waals surface area contributed by atoms with Gasteiger partial charge in [-0.25, -0.2) is 9.59 Å². The van der Waals surface area contributed by atoms with Gasteiger partial charge in [0.05, 0.1) is 27.4 Å². The quantitative estimate of drug-likeness (QED) is 0.345. The molecule has 6 nitrogen and oxygen atoms in total. The van der Waals surface area contributed by atoms with Gasteiger partial charge < -0.3 is 18.9 Å². The third-order valence-corrected chi connectivity index (χ3v) is 3.83. The normalized spacial score (nSPS) is 10.8. The molecule has 0 unspecified atom stereocenters. The van der Waals surface area contributed by atoms with Crippen LogP contribution in [0.15, 0.2) is 60.7 Å². The maximum atomic E-state index is 11.7. The second kappa shape index (κ2) is 12.0. The number of methoxy groups -OCH3 is 2. The van der Waals surface area contributed by atoms with Crippen molar-refractivity contribution in [1.29, 1.82) is 0 Å². The highest BCUT2D eigenvalue weighted by Gasteiger charge is 2.00. The van der Waals surface area contributed by atoms with E-state index < -0.39 is 11.9 Å². The summed E-state index contributed by atoms with van der Waals surface area (Å²) in [6.45, 7) is 0.336. The van der Waals surface area contributed by atoms with Crippen LogP contribution >= 0.6 is 0 Å². The molecule has 2 rings (SSSR count). The van der Waals surface area contributed by atoms with Crippen LogP contribution in [0.4, 0.5) is 0 Å². The van der Waals surface area contributed by atoms with E-state index in [9.17, 15) is 9.59 Å². The van der Waals surface area contributed by atoms with Gasteiger partial charge >= 0.3 is 11.9 Å². The fourth-order valence-electron chi connectivity index (χ4n) is 2.26. The van der Waals surface area contributed by atoms with E-state index in [1.54, 1.807) is 26.4 Å². The van der Waals surface area contributed by atoms with Crippen LogP contribution < -0.4 is 9.47 Å². The van der Waals surface area contributed by atoms with Crippen molar-refractivity contribution in [3.63, 3.8) is 0 Å². The van der Waals surface area contributed by atoms with Crippen LogP contribution in [0.25, 0.3) is 12.2 Å². The zero-order chi connectivity index (χ0) is 20.9. The summed E-state index contributed by atoms with van der Waals surface area (Å²) in [7, 11) is 3.19. The lowest BCUT2D eigenvalue weighted by atomic mass is 10.2. The first kappa shape index (κ1) is 21.8. The largest absolute Gasteiger partial charge is 0.497 e. The minimum atomic E-state index is -0.452. The zero-order valence-corrected chi connectivity index (χ0v) is 16.5. The number of rotatable bonds is 10. The molecular formula is C23H24O6. The van der Waals surface area contributed by atoms with Gasteiger partial charge in [-0.05, 0) is 47.5 Å². The molecule has 2 aromatic carbocycles. The molecule has 0 radical (unpaired) electrons. The standard InChI is InChI=1S/C23H24O6/c1-26-20-10-4-18(5-11-20)8-14-22(24)28-16-3-17-29-23(25)15-9-19-6-12-21(27-2)13-7-19/h4-15H,3,16-17H2,1-2H3. The Hall–Kier alpha value is -3.54. The topological polar surface area (TPSA) is 71.1 Å². The molecule has 0 aliphatic rings. The van der Waals surface area contributed by atoms with Crippen molar-refractivity contribution in [1.82, 2.24) is 0 Å². The Kier molecular flexibility index (Phi) is 9.02.